The highest BCUT2D eigenvalue weighted by molar-refractivity contribution is 5.97. The number of carbonyl (C=O) groups is 2. The molecular weight excluding hydrogens is 296 g/mol. The van der Waals surface area contributed by atoms with Gasteiger partial charge in [-0.2, -0.15) is 0 Å². The third-order valence-electron chi connectivity index (χ3n) is 4.09. The van der Waals surface area contributed by atoms with Gasteiger partial charge in [-0.05, 0) is 31.0 Å². The molecule has 6 nitrogen and oxygen atoms in total. The molecule has 3 N–H and O–H groups in total. The molecule has 2 unspecified atom stereocenters. The summed E-state index contributed by atoms with van der Waals surface area (Å²) in [5, 5.41) is 15.7. The van der Waals surface area contributed by atoms with Crippen molar-refractivity contribution < 1.29 is 19.4 Å². The van der Waals surface area contributed by atoms with E-state index in [4.69, 9.17) is 4.74 Å². The molecule has 1 aliphatic rings. The summed E-state index contributed by atoms with van der Waals surface area (Å²) in [6.07, 6.45) is 0.507. The van der Waals surface area contributed by atoms with Gasteiger partial charge in [0.15, 0.2) is 0 Å². The number of hydrogen-bond acceptors (Lipinski definition) is 5. The number of ether oxygens (including phenoxy) is 1. The number of aliphatic hydroxyl groups excluding tert-OH is 1. The fraction of sp³-hybridized carbons (Fsp3) is 0.529. The maximum absolute atomic E-state index is 11.3. The minimum Gasteiger partial charge on any atom is -0.497 e. The van der Waals surface area contributed by atoms with Crippen molar-refractivity contribution >= 4 is 11.8 Å². The van der Waals surface area contributed by atoms with Gasteiger partial charge in [-0.3, -0.25) is 14.9 Å². The van der Waals surface area contributed by atoms with Crippen LogP contribution in [0.4, 0.5) is 0 Å². The summed E-state index contributed by atoms with van der Waals surface area (Å²) in [5.41, 5.74) is 1.17. The quantitative estimate of drug-likeness (QED) is 0.642. The number of piperidine rings is 1. The molecule has 0 radical (unpaired) electrons. The number of rotatable bonds is 7. The molecule has 1 fully saturated rings. The van der Waals surface area contributed by atoms with Gasteiger partial charge in [0, 0.05) is 31.3 Å². The molecule has 0 saturated carbocycles. The second-order valence-corrected chi connectivity index (χ2v) is 6.07. The molecule has 126 valence electrons. The topological polar surface area (TPSA) is 87.7 Å². The summed E-state index contributed by atoms with van der Waals surface area (Å²) in [6.45, 7) is 2.40. The van der Waals surface area contributed by atoms with E-state index in [2.05, 4.69) is 10.6 Å². The number of benzene rings is 1. The molecule has 2 rings (SSSR count). The lowest BCUT2D eigenvalue weighted by Gasteiger charge is -2.27. The summed E-state index contributed by atoms with van der Waals surface area (Å²) >= 11 is 0. The van der Waals surface area contributed by atoms with Crippen molar-refractivity contribution in [2.45, 2.75) is 38.3 Å². The molecule has 0 aliphatic carbocycles. The number of amides is 2. The molecule has 2 atom stereocenters. The molecule has 1 aliphatic heterocycles. The highest BCUT2D eigenvalue weighted by Gasteiger charge is 2.30. The lowest BCUT2D eigenvalue weighted by molar-refractivity contribution is -0.136. The maximum atomic E-state index is 11.3. The molecule has 0 aromatic heterocycles. The number of methoxy groups -OCH3 is 1. The molecule has 1 saturated heterocycles. The van der Waals surface area contributed by atoms with Gasteiger partial charge >= 0.3 is 0 Å². The first kappa shape index (κ1) is 17.4. The van der Waals surface area contributed by atoms with Gasteiger partial charge in [-0.1, -0.05) is 12.1 Å². The van der Waals surface area contributed by atoms with Crippen molar-refractivity contribution in [2.75, 3.05) is 13.7 Å². The van der Waals surface area contributed by atoms with Crippen molar-refractivity contribution in [3.8, 4) is 5.75 Å². The monoisotopic (exact) mass is 320 g/mol. The van der Waals surface area contributed by atoms with Crippen LogP contribution in [0.15, 0.2) is 24.3 Å². The second kappa shape index (κ2) is 8.08. The molecule has 2 amide bonds. The van der Waals surface area contributed by atoms with E-state index >= 15 is 0 Å². The van der Waals surface area contributed by atoms with Crippen LogP contribution in [-0.2, 0) is 16.0 Å². The average molecular weight is 320 g/mol. The Balaban J connectivity index is 1.77. The van der Waals surface area contributed by atoms with Gasteiger partial charge in [0.25, 0.3) is 0 Å². The Morgan fingerprint density at radius 2 is 1.87 bits per heavy atom. The lowest BCUT2D eigenvalue weighted by Crippen LogP contribution is -2.46. The molecule has 6 heteroatoms. The van der Waals surface area contributed by atoms with Crippen LogP contribution in [0.5, 0.6) is 5.75 Å². The van der Waals surface area contributed by atoms with Crippen molar-refractivity contribution in [3.63, 3.8) is 0 Å². The van der Waals surface area contributed by atoms with Gasteiger partial charge in [-0.25, -0.2) is 0 Å². The molecule has 1 aromatic carbocycles. The standard InChI is InChI=1S/C17H24N2O4/c1-11(7-12-3-5-14(23-2)6-4-12)18-10-15(20)13-8-16(21)19-17(22)9-13/h3-6,11,13,15,18,20H,7-10H2,1-2H3,(H,19,21,22). The lowest BCUT2D eigenvalue weighted by atomic mass is 9.91. The Bertz CT molecular complexity index is 528. The molecule has 1 heterocycles. The van der Waals surface area contributed by atoms with E-state index in [9.17, 15) is 14.7 Å². The van der Waals surface area contributed by atoms with Crippen LogP contribution < -0.4 is 15.4 Å². The number of imide groups is 1. The first-order chi connectivity index (χ1) is 11.0. The first-order valence-corrected chi connectivity index (χ1v) is 7.85. The Morgan fingerprint density at radius 1 is 1.26 bits per heavy atom. The molecule has 0 spiro atoms. The van der Waals surface area contributed by atoms with E-state index < -0.39 is 6.10 Å². The zero-order valence-corrected chi connectivity index (χ0v) is 13.5. The summed E-state index contributed by atoms with van der Waals surface area (Å²) in [4.78, 5) is 22.7. The van der Waals surface area contributed by atoms with Gasteiger partial charge in [-0.15, -0.1) is 0 Å². The minimum atomic E-state index is -0.705. The highest BCUT2D eigenvalue weighted by Crippen LogP contribution is 2.18. The van der Waals surface area contributed by atoms with Crippen LogP contribution in [0.3, 0.4) is 0 Å². The average Bonchev–Trinajstić information content (AvgIpc) is 2.52. The van der Waals surface area contributed by atoms with Gasteiger partial charge in [0.05, 0.1) is 13.2 Å². The molecule has 23 heavy (non-hydrogen) atoms. The van der Waals surface area contributed by atoms with E-state index in [1.807, 2.05) is 31.2 Å². The summed E-state index contributed by atoms with van der Waals surface area (Å²) in [7, 11) is 1.64. The Hall–Kier alpha value is -1.92. The van der Waals surface area contributed by atoms with E-state index in [1.165, 1.54) is 5.56 Å². The fourth-order valence-corrected chi connectivity index (χ4v) is 2.75. The zero-order chi connectivity index (χ0) is 16.8. The van der Waals surface area contributed by atoms with Crippen LogP contribution in [-0.4, -0.2) is 42.7 Å². The number of carbonyl (C=O) groups excluding carboxylic acids is 2. The van der Waals surface area contributed by atoms with E-state index in [0.29, 0.717) is 6.54 Å². The van der Waals surface area contributed by atoms with Crippen LogP contribution in [0, 0.1) is 5.92 Å². The van der Waals surface area contributed by atoms with Crippen molar-refractivity contribution in [2.24, 2.45) is 5.92 Å². The third-order valence-corrected chi connectivity index (χ3v) is 4.09. The number of aliphatic hydroxyl groups is 1. The maximum Gasteiger partial charge on any atom is 0.226 e. The normalized spacial score (nSPS) is 18.4. The van der Waals surface area contributed by atoms with Gasteiger partial charge in [0.2, 0.25) is 11.8 Å². The van der Waals surface area contributed by atoms with Gasteiger partial charge < -0.3 is 15.2 Å². The van der Waals surface area contributed by atoms with Crippen molar-refractivity contribution in [3.05, 3.63) is 29.8 Å². The predicted molar refractivity (Wildman–Crippen MR) is 86.0 cm³/mol. The number of hydrogen-bond donors (Lipinski definition) is 3. The van der Waals surface area contributed by atoms with E-state index in [1.54, 1.807) is 7.11 Å². The summed E-state index contributed by atoms with van der Waals surface area (Å²) in [5.74, 6) is -0.102. The fourth-order valence-electron chi connectivity index (χ4n) is 2.75. The first-order valence-electron chi connectivity index (χ1n) is 7.85. The smallest absolute Gasteiger partial charge is 0.226 e. The van der Waals surface area contributed by atoms with E-state index in [-0.39, 0.29) is 36.6 Å². The third kappa shape index (κ3) is 5.33. The largest absolute Gasteiger partial charge is 0.497 e. The Labute approximate surface area is 136 Å². The zero-order valence-electron chi connectivity index (χ0n) is 13.5. The van der Waals surface area contributed by atoms with E-state index in [0.717, 1.165) is 12.2 Å². The Morgan fingerprint density at radius 3 is 2.43 bits per heavy atom. The number of nitrogens with one attached hydrogen (secondary N) is 2. The minimum absolute atomic E-state index is 0.172. The van der Waals surface area contributed by atoms with Crippen molar-refractivity contribution in [1.29, 1.82) is 0 Å². The molecular formula is C17H24N2O4. The molecule has 1 aromatic rings. The summed E-state index contributed by atoms with van der Waals surface area (Å²) < 4.78 is 5.13. The van der Waals surface area contributed by atoms with Crippen LogP contribution in [0.25, 0.3) is 0 Å². The Kier molecular flexibility index (Phi) is 6.12. The van der Waals surface area contributed by atoms with Crippen LogP contribution in [0.1, 0.15) is 25.3 Å². The predicted octanol–water partition coefficient (Wildman–Crippen LogP) is 0.630. The van der Waals surface area contributed by atoms with Crippen LogP contribution in [0.2, 0.25) is 0 Å². The second-order valence-electron chi connectivity index (χ2n) is 6.07. The van der Waals surface area contributed by atoms with Crippen molar-refractivity contribution in [1.82, 2.24) is 10.6 Å². The highest BCUT2D eigenvalue weighted by atomic mass is 16.5. The van der Waals surface area contributed by atoms with Crippen LogP contribution >= 0.6 is 0 Å². The summed E-state index contributed by atoms with van der Waals surface area (Å²) in [6, 6.07) is 8.03. The molecule has 0 bridgehead atoms. The SMILES string of the molecule is COc1ccc(CC(C)NCC(O)C2CC(=O)NC(=O)C2)cc1. The van der Waals surface area contributed by atoms with Gasteiger partial charge in [0.1, 0.15) is 5.75 Å².